The lowest BCUT2D eigenvalue weighted by molar-refractivity contribution is -0.121. The molecule has 3 rings (SSSR count). The topological polar surface area (TPSA) is 50.2 Å². The SMILES string of the molecule is O=C(CCc1ccc(F)c(F)c1F)[C@@H]1CC[C@@H](O)c2ncccc21. The van der Waals surface area contributed by atoms with Crippen molar-refractivity contribution in [2.75, 3.05) is 0 Å². The molecule has 0 radical (unpaired) electrons. The van der Waals surface area contributed by atoms with Crippen molar-refractivity contribution in [3.8, 4) is 0 Å². The van der Waals surface area contributed by atoms with Crippen LogP contribution in [0.3, 0.4) is 0 Å². The van der Waals surface area contributed by atoms with Crippen LogP contribution in [-0.2, 0) is 11.2 Å². The second kappa shape index (κ2) is 6.73. The van der Waals surface area contributed by atoms with E-state index in [1.165, 1.54) is 0 Å². The number of rotatable bonds is 4. The molecule has 3 nitrogen and oxygen atoms in total. The van der Waals surface area contributed by atoms with Crippen molar-refractivity contribution in [3.63, 3.8) is 0 Å². The number of halogens is 3. The largest absolute Gasteiger partial charge is 0.387 e. The Hall–Kier alpha value is -2.21. The van der Waals surface area contributed by atoms with E-state index >= 15 is 0 Å². The molecule has 0 saturated heterocycles. The van der Waals surface area contributed by atoms with E-state index in [1.54, 1.807) is 18.3 Å². The number of pyridine rings is 1. The molecular weight excluding hydrogens is 319 g/mol. The molecule has 2 aromatic rings. The van der Waals surface area contributed by atoms with Gasteiger partial charge in [0, 0.05) is 18.5 Å². The Labute approximate surface area is 137 Å². The van der Waals surface area contributed by atoms with E-state index in [4.69, 9.17) is 0 Å². The molecular formula is C18H16F3NO2. The summed E-state index contributed by atoms with van der Waals surface area (Å²) in [5.74, 6) is -4.55. The smallest absolute Gasteiger partial charge is 0.194 e. The summed E-state index contributed by atoms with van der Waals surface area (Å²) < 4.78 is 39.9. The Morgan fingerprint density at radius 3 is 2.75 bits per heavy atom. The number of Topliss-reactive ketones (excluding diaryl/α,β-unsaturated/α-hetero) is 1. The fraction of sp³-hybridized carbons (Fsp3) is 0.333. The van der Waals surface area contributed by atoms with Crippen LogP contribution >= 0.6 is 0 Å². The lowest BCUT2D eigenvalue weighted by Gasteiger charge is -2.27. The van der Waals surface area contributed by atoms with Gasteiger partial charge >= 0.3 is 0 Å². The summed E-state index contributed by atoms with van der Waals surface area (Å²) in [4.78, 5) is 16.6. The average Bonchev–Trinajstić information content (AvgIpc) is 2.59. The quantitative estimate of drug-likeness (QED) is 0.869. The fourth-order valence-electron chi connectivity index (χ4n) is 3.15. The highest BCUT2D eigenvalue weighted by Crippen LogP contribution is 2.37. The zero-order chi connectivity index (χ0) is 17.3. The molecule has 1 aliphatic carbocycles. The second-order valence-corrected chi connectivity index (χ2v) is 5.92. The third-order valence-corrected chi connectivity index (χ3v) is 4.44. The molecule has 0 unspecified atom stereocenters. The third-order valence-electron chi connectivity index (χ3n) is 4.44. The molecule has 0 aliphatic heterocycles. The van der Waals surface area contributed by atoms with Gasteiger partial charge < -0.3 is 5.11 Å². The minimum atomic E-state index is -1.52. The van der Waals surface area contributed by atoms with E-state index < -0.39 is 29.5 Å². The maximum absolute atomic E-state index is 13.7. The Bertz CT molecular complexity index is 779. The van der Waals surface area contributed by atoms with Crippen LogP contribution in [0.1, 0.15) is 48.1 Å². The van der Waals surface area contributed by atoms with Crippen LogP contribution < -0.4 is 0 Å². The van der Waals surface area contributed by atoms with Crippen LogP contribution in [0.4, 0.5) is 13.2 Å². The van der Waals surface area contributed by atoms with Gasteiger partial charge in [-0.05, 0) is 42.5 Å². The number of aliphatic hydroxyl groups is 1. The zero-order valence-corrected chi connectivity index (χ0v) is 12.8. The van der Waals surface area contributed by atoms with Gasteiger partial charge in [-0.2, -0.15) is 0 Å². The predicted molar refractivity (Wildman–Crippen MR) is 80.8 cm³/mol. The van der Waals surface area contributed by atoms with Crippen molar-refractivity contribution in [2.24, 2.45) is 0 Å². The van der Waals surface area contributed by atoms with Crippen molar-refractivity contribution in [1.29, 1.82) is 0 Å². The summed E-state index contributed by atoms with van der Waals surface area (Å²) in [7, 11) is 0. The van der Waals surface area contributed by atoms with Gasteiger partial charge in [0.25, 0.3) is 0 Å². The molecule has 1 aromatic heterocycles. The summed E-state index contributed by atoms with van der Waals surface area (Å²) in [5.41, 5.74) is 1.16. The van der Waals surface area contributed by atoms with E-state index in [9.17, 15) is 23.1 Å². The van der Waals surface area contributed by atoms with Crippen molar-refractivity contribution in [2.45, 2.75) is 37.7 Å². The molecule has 0 saturated carbocycles. The van der Waals surface area contributed by atoms with E-state index in [2.05, 4.69) is 4.98 Å². The molecule has 1 aliphatic rings. The van der Waals surface area contributed by atoms with Gasteiger partial charge in [0.2, 0.25) is 0 Å². The molecule has 2 atom stereocenters. The Balaban J connectivity index is 1.75. The van der Waals surface area contributed by atoms with Gasteiger partial charge in [0.1, 0.15) is 5.78 Å². The van der Waals surface area contributed by atoms with E-state index in [1.807, 2.05) is 0 Å². The molecule has 6 heteroatoms. The fourth-order valence-corrected chi connectivity index (χ4v) is 3.15. The standard InChI is InChI=1S/C18H16F3NO2/c19-13-6-3-10(16(20)17(13)21)4-7-14(23)11-5-8-15(24)18-12(11)2-1-9-22-18/h1-3,6,9,11,15,24H,4-5,7-8H2/t11-,15-/m1/s1. The molecule has 24 heavy (non-hydrogen) atoms. The first-order valence-corrected chi connectivity index (χ1v) is 7.77. The highest BCUT2D eigenvalue weighted by molar-refractivity contribution is 5.86. The van der Waals surface area contributed by atoms with Crippen LogP contribution in [0.15, 0.2) is 30.5 Å². The van der Waals surface area contributed by atoms with Crippen molar-refractivity contribution in [1.82, 2.24) is 4.98 Å². The van der Waals surface area contributed by atoms with E-state index in [0.29, 0.717) is 24.1 Å². The highest BCUT2D eigenvalue weighted by atomic mass is 19.2. The lowest BCUT2D eigenvalue weighted by atomic mass is 9.80. The van der Waals surface area contributed by atoms with Crippen molar-refractivity contribution in [3.05, 3.63) is 64.7 Å². The van der Waals surface area contributed by atoms with Gasteiger partial charge in [0.05, 0.1) is 11.8 Å². The number of hydrogen-bond acceptors (Lipinski definition) is 3. The summed E-state index contributed by atoms with van der Waals surface area (Å²) in [6, 6.07) is 5.47. The first-order valence-electron chi connectivity index (χ1n) is 7.77. The molecule has 0 spiro atoms. The van der Waals surface area contributed by atoms with Crippen LogP contribution in [0.25, 0.3) is 0 Å². The van der Waals surface area contributed by atoms with Crippen LogP contribution in [0.2, 0.25) is 0 Å². The zero-order valence-electron chi connectivity index (χ0n) is 12.8. The maximum atomic E-state index is 13.7. The Morgan fingerprint density at radius 2 is 1.96 bits per heavy atom. The first-order chi connectivity index (χ1) is 11.5. The summed E-state index contributed by atoms with van der Waals surface area (Å²) in [6.07, 6.45) is 1.80. The van der Waals surface area contributed by atoms with Gasteiger partial charge in [-0.15, -0.1) is 0 Å². The molecule has 1 N–H and O–H groups in total. The van der Waals surface area contributed by atoms with Gasteiger partial charge in [-0.1, -0.05) is 12.1 Å². The lowest BCUT2D eigenvalue weighted by Crippen LogP contribution is -2.22. The normalized spacial score (nSPS) is 19.8. The van der Waals surface area contributed by atoms with Crippen LogP contribution in [-0.4, -0.2) is 15.9 Å². The number of carbonyl (C=O) groups excluding carboxylic acids is 1. The summed E-state index contributed by atoms with van der Waals surface area (Å²) >= 11 is 0. The minimum absolute atomic E-state index is 0.00346. The summed E-state index contributed by atoms with van der Waals surface area (Å²) in [5, 5.41) is 9.96. The number of nitrogens with zero attached hydrogens (tertiary/aromatic N) is 1. The molecule has 126 valence electrons. The average molecular weight is 335 g/mol. The number of aryl methyl sites for hydroxylation is 1. The minimum Gasteiger partial charge on any atom is -0.387 e. The first kappa shape index (κ1) is 16.6. The van der Waals surface area contributed by atoms with Crippen LogP contribution in [0, 0.1) is 17.5 Å². The van der Waals surface area contributed by atoms with Crippen LogP contribution in [0.5, 0.6) is 0 Å². The highest BCUT2D eigenvalue weighted by Gasteiger charge is 2.31. The molecule has 0 bridgehead atoms. The number of aromatic nitrogens is 1. The number of hydrogen-bond donors (Lipinski definition) is 1. The Kier molecular flexibility index (Phi) is 4.66. The predicted octanol–water partition coefficient (Wildman–Crippen LogP) is 3.61. The second-order valence-electron chi connectivity index (χ2n) is 5.92. The van der Waals surface area contributed by atoms with Crippen molar-refractivity contribution < 1.29 is 23.1 Å². The maximum Gasteiger partial charge on any atom is 0.194 e. The van der Waals surface area contributed by atoms with Gasteiger partial charge in [-0.3, -0.25) is 9.78 Å². The molecule has 1 heterocycles. The molecule has 1 aromatic carbocycles. The number of ketones is 1. The monoisotopic (exact) mass is 335 g/mol. The van der Waals surface area contributed by atoms with Gasteiger partial charge in [0.15, 0.2) is 17.5 Å². The number of carbonyl (C=O) groups is 1. The molecule has 0 amide bonds. The van der Waals surface area contributed by atoms with Crippen molar-refractivity contribution >= 4 is 5.78 Å². The van der Waals surface area contributed by atoms with E-state index in [0.717, 1.165) is 12.1 Å². The van der Waals surface area contributed by atoms with Gasteiger partial charge in [-0.25, -0.2) is 13.2 Å². The third kappa shape index (κ3) is 3.06. The summed E-state index contributed by atoms with van der Waals surface area (Å²) in [6.45, 7) is 0. The number of fused-ring (bicyclic) bond motifs is 1. The van der Waals surface area contributed by atoms with E-state index in [-0.39, 0.29) is 24.2 Å². The molecule has 0 fully saturated rings. The number of aliphatic hydroxyl groups excluding tert-OH is 1. The number of benzene rings is 1. The Morgan fingerprint density at radius 1 is 1.17 bits per heavy atom.